The van der Waals surface area contributed by atoms with Gasteiger partial charge in [0.2, 0.25) is 0 Å². The zero-order valence-electron chi connectivity index (χ0n) is 9.86. The number of hydrogen-bond acceptors (Lipinski definition) is 3. The summed E-state index contributed by atoms with van der Waals surface area (Å²) in [5.74, 6) is 0. The lowest BCUT2D eigenvalue weighted by atomic mass is 10.1. The number of aromatic nitrogens is 2. The summed E-state index contributed by atoms with van der Waals surface area (Å²) in [5.41, 5.74) is 3.09. The maximum Gasteiger partial charge on any atom is 0.258 e. The highest BCUT2D eigenvalue weighted by atomic mass is 16.1. The van der Waals surface area contributed by atoms with Gasteiger partial charge in [-0.3, -0.25) is 4.79 Å². The number of benzene rings is 1. The van der Waals surface area contributed by atoms with Crippen LogP contribution in [0.3, 0.4) is 0 Å². The molecule has 2 heterocycles. The van der Waals surface area contributed by atoms with E-state index < -0.39 is 0 Å². The molecule has 4 nitrogen and oxygen atoms in total. The first-order chi connectivity index (χ1) is 8.27. The standard InChI is InChI=1S/C13H15N3O/c1-9-4-5-10-11(14-8-15-13(10)17)12(9)16-6-2-3-7-16/h4-5,8H,2-3,6-7H2,1H3,(H,14,15,17). The monoisotopic (exact) mass is 229 g/mol. The fourth-order valence-electron chi connectivity index (χ4n) is 2.57. The summed E-state index contributed by atoms with van der Waals surface area (Å²) in [6, 6.07) is 3.86. The molecule has 0 atom stereocenters. The maximum absolute atomic E-state index is 11.7. The minimum absolute atomic E-state index is 0.0598. The lowest BCUT2D eigenvalue weighted by Gasteiger charge is -2.21. The number of H-pyrrole nitrogens is 1. The van der Waals surface area contributed by atoms with Crippen molar-refractivity contribution in [3.05, 3.63) is 34.4 Å². The van der Waals surface area contributed by atoms with E-state index in [0.29, 0.717) is 5.39 Å². The quantitative estimate of drug-likeness (QED) is 0.811. The van der Waals surface area contributed by atoms with E-state index in [0.717, 1.165) is 24.3 Å². The first-order valence-electron chi connectivity index (χ1n) is 5.99. The average molecular weight is 229 g/mol. The Bertz CT molecular complexity index is 612. The number of fused-ring (bicyclic) bond motifs is 1. The van der Waals surface area contributed by atoms with Gasteiger partial charge in [0.1, 0.15) is 5.52 Å². The summed E-state index contributed by atoms with van der Waals surface area (Å²) in [5, 5.41) is 0.681. The minimum atomic E-state index is -0.0598. The third-order valence-corrected chi connectivity index (χ3v) is 3.41. The maximum atomic E-state index is 11.7. The van der Waals surface area contributed by atoms with Crippen LogP contribution in [0.1, 0.15) is 18.4 Å². The number of nitrogens with one attached hydrogen (secondary N) is 1. The van der Waals surface area contributed by atoms with Gasteiger partial charge in [-0.15, -0.1) is 0 Å². The predicted molar refractivity (Wildman–Crippen MR) is 68.5 cm³/mol. The van der Waals surface area contributed by atoms with Crippen molar-refractivity contribution >= 4 is 16.6 Å². The van der Waals surface area contributed by atoms with Crippen LogP contribution in [-0.4, -0.2) is 23.1 Å². The van der Waals surface area contributed by atoms with E-state index in [-0.39, 0.29) is 5.56 Å². The van der Waals surface area contributed by atoms with E-state index in [1.807, 2.05) is 12.1 Å². The molecule has 0 radical (unpaired) electrons. The first-order valence-corrected chi connectivity index (χ1v) is 5.99. The molecule has 1 fully saturated rings. The Morgan fingerprint density at radius 2 is 2.06 bits per heavy atom. The molecule has 1 aromatic heterocycles. The predicted octanol–water partition coefficient (Wildman–Crippen LogP) is 1.83. The topological polar surface area (TPSA) is 49.0 Å². The van der Waals surface area contributed by atoms with Crippen LogP contribution in [0.25, 0.3) is 10.9 Å². The number of anilines is 1. The Morgan fingerprint density at radius 1 is 1.29 bits per heavy atom. The van der Waals surface area contributed by atoms with Gasteiger partial charge in [-0.05, 0) is 31.4 Å². The zero-order chi connectivity index (χ0) is 11.8. The molecule has 1 aromatic carbocycles. The van der Waals surface area contributed by atoms with Crippen molar-refractivity contribution < 1.29 is 0 Å². The average Bonchev–Trinajstić information content (AvgIpc) is 2.82. The van der Waals surface area contributed by atoms with E-state index in [2.05, 4.69) is 21.8 Å². The van der Waals surface area contributed by atoms with Crippen molar-refractivity contribution in [3.63, 3.8) is 0 Å². The second-order valence-corrected chi connectivity index (χ2v) is 4.55. The normalized spacial score (nSPS) is 15.7. The van der Waals surface area contributed by atoms with Crippen molar-refractivity contribution in [2.75, 3.05) is 18.0 Å². The van der Waals surface area contributed by atoms with Gasteiger partial charge >= 0.3 is 0 Å². The largest absolute Gasteiger partial charge is 0.370 e. The van der Waals surface area contributed by atoms with Crippen LogP contribution < -0.4 is 10.5 Å². The number of rotatable bonds is 1. The summed E-state index contributed by atoms with van der Waals surface area (Å²) < 4.78 is 0. The van der Waals surface area contributed by atoms with Crippen LogP contribution in [0, 0.1) is 6.92 Å². The van der Waals surface area contributed by atoms with Crippen molar-refractivity contribution in [1.29, 1.82) is 0 Å². The first kappa shape index (κ1) is 10.3. The van der Waals surface area contributed by atoms with E-state index in [1.165, 1.54) is 24.7 Å². The highest BCUT2D eigenvalue weighted by Crippen LogP contribution is 2.29. The number of aryl methyl sites for hydroxylation is 1. The van der Waals surface area contributed by atoms with E-state index >= 15 is 0 Å². The smallest absolute Gasteiger partial charge is 0.258 e. The molecule has 3 rings (SSSR count). The molecule has 2 aromatic rings. The van der Waals surface area contributed by atoms with Gasteiger partial charge in [-0.1, -0.05) is 6.07 Å². The molecule has 1 aliphatic heterocycles. The molecule has 0 amide bonds. The number of aromatic amines is 1. The van der Waals surface area contributed by atoms with E-state index in [9.17, 15) is 4.79 Å². The van der Waals surface area contributed by atoms with Crippen LogP contribution >= 0.6 is 0 Å². The molecule has 0 bridgehead atoms. The summed E-state index contributed by atoms with van der Waals surface area (Å²) in [7, 11) is 0. The van der Waals surface area contributed by atoms with Crippen molar-refractivity contribution in [2.24, 2.45) is 0 Å². The van der Waals surface area contributed by atoms with Crippen LogP contribution in [0.4, 0.5) is 5.69 Å². The molecule has 1 aliphatic rings. The fourth-order valence-corrected chi connectivity index (χ4v) is 2.57. The molecule has 4 heteroatoms. The second-order valence-electron chi connectivity index (χ2n) is 4.55. The third kappa shape index (κ3) is 1.60. The Morgan fingerprint density at radius 3 is 2.82 bits per heavy atom. The number of hydrogen-bond donors (Lipinski definition) is 1. The lowest BCUT2D eigenvalue weighted by molar-refractivity contribution is 0.949. The van der Waals surface area contributed by atoms with Crippen LogP contribution in [0.5, 0.6) is 0 Å². The molecule has 0 aliphatic carbocycles. The highest BCUT2D eigenvalue weighted by Gasteiger charge is 2.18. The third-order valence-electron chi connectivity index (χ3n) is 3.41. The highest BCUT2D eigenvalue weighted by molar-refractivity contribution is 5.92. The molecular formula is C13H15N3O. The molecule has 88 valence electrons. The van der Waals surface area contributed by atoms with Gasteiger partial charge in [0.15, 0.2) is 0 Å². The molecule has 0 spiro atoms. The van der Waals surface area contributed by atoms with Crippen molar-refractivity contribution in [2.45, 2.75) is 19.8 Å². The Hall–Kier alpha value is -1.84. The summed E-state index contributed by atoms with van der Waals surface area (Å²) in [6.07, 6.45) is 3.93. The van der Waals surface area contributed by atoms with Gasteiger partial charge < -0.3 is 9.88 Å². The van der Waals surface area contributed by atoms with Crippen molar-refractivity contribution in [1.82, 2.24) is 9.97 Å². The zero-order valence-corrected chi connectivity index (χ0v) is 9.86. The fraction of sp³-hybridized carbons (Fsp3) is 0.385. The second kappa shape index (κ2) is 3.87. The molecule has 1 N–H and O–H groups in total. The van der Waals surface area contributed by atoms with Gasteiger partial charge in [-0.25, -0.2) is 4.98 Å². The van der Waals surface area contributed by atoms with Crippen LogP contribution in [-0.2, 0) is 0 Å². The molecular weight excluding hydrogens is 214 g/mol. The van der Waals surface area contributed by atoms with Gasteiger partial charge in [0.25, 0.3) is 5.56 Å². The van der Waals surface area contributed by atoms with Crippen LogP contribution in [0.2, 0.25) is 0 Å². The van der Waals surface area contributed by atoms with Gasteiger partial charge in [-0.2, -0.15) is 0 Å². The Kier molecular flexibility index (Phi) is 2.35. The summed E-state index contributed by atoms with van der Waals surface area (Å²) in [4.78, 5) is 21.1. The van der Waals surface area contributed by atoms with E-state index in [1.54, 1.807) is 0 Å². The minimum Gasteiger partial charge on any atom is -0.370 e. The molecule has 0 saturated carbocycles. The van der Waals surface area contributed by atoms with Crippen molar-refractivity contribution in [3.8, 4) is 0 Å². The Labute approximate surface area is 99.3 Å². The Balaban J connectivity index is 2.31. The lowest BCUT2D eigenvalue weighted by Crippen LogP contribution is -2.20. The molecule has 17 heavy (non-hydrogen) atoms. The van der Waals surface area contributed by atoms with Gasteiger partial charge in [0, 0.05) is 13.1 Å². The molecule has 1 saturated heterocycles. The summed E-state index contributed by atoms with van der Waals surface area (Å²) in [6.45, 7) is 4.21. The van der Waals surface area contributed by atoms with E-state index in [4.69, 9.17) is 0 Å². The van der Waals surface area contributed by atoms with Gasteiger partial charge in [0.05, 0.1) is 17.4 Å². The van der Waals surface area contributed by atoms with Crippen LogP contribution in [0.15, 0.2) is 23.3 Å². The number of nitrogens with zero attached hydrogens (tertiary/aromatic N) is 2. The summed E-state index contributed by atoms with van der Waals surface area (Å²) >= 11 is 0. The SMILES string of the molecule is Cc1ccc2c(=O)[nH]cnc2c1N1CCCC1. The molecule has 0 unspecified atom stereocenters.